The van der Waals surface area contributed by atoms with E-state index in [0.717, 1.165) is 15.7 Å². The summed E-state index contributed by atoms with van der Waals surface area (Å²) in [6.45, 7) is 4.84. The Morgan fingerprint density at radius 3 is 2.47 bits per heavy atom. The van der Waals surface area contributed by atoms with Crippen LogP contribution in [-0.2, 0) is 22.3 Å². The Morgan fingerprint density at radius 1 is 1.09 bits per heavy atom. The molecule has 0 aliphatic heterocycles. The van der Waals surface area contributed by atoms with Crippen molar-refractivity contribution in [2.45, 2.75) is 39.4 Å². The van der Waals surface area contributed by atoms with E-state index in [4.69, 9.17) is 4.74 Å². The third-order valence-electron chi connectivity index (χ3n) is 4.70. The number of fused-ring (bicyclic) bond motifs is 1. The van der Waals surface area contributed by atoms with Crippen molar-refractivity contribution in [2.75, 3.05) is 6.61 Å². The van der Waals surface area contributed by atoms with E-state index in [-0.39, 0.29) is 23.6 Å². The Kier molecular flexibility index (Phi) is 6.71. The molecule has 0 saturated carbocycles. The first-order valence-electron chi connectivity index (χ1n) is 9.89. The van der Waals surface area contributed by atoms with Gasteiger partial charge in [-0.1, -0.05) is 38.1 Å². The summed E-state index contributed by atoms with van der Waals surface area (Å²) in [5, 5.41) is 0. The van der Waals surface area contributed by atoms with Gasteiger partial charge in [0.15, 0.2) is 6.61 Å². The zero-order valence-electron chi connectivity index (χ0n) is 17.8. The van der Waals surface area contributed by atoms with Gasteiger partial charge in [-0.05, 0) is 42.2 Å². The standard InChI is InChI=1S/C22H23F3N4O3/c1-13(2)15-9-8-14(3)10-18(15)32-12-20(31)28-27-19(30)11-29-17-7-5-4-6-16(17)26-21(29)22(23,24)25/h4-10,13H,11-12H2,1-3H3,(H,27,30)(H,28,31). The molecule has 0 spiro atoms. The largest absolute Gasteiger partial charge is 0.483 e. The smallest absolute Gasteiger partial charge is 0.449 e. The van der Waals surface area contributed by atoms with E-state index < -0.39 is 30.4 Å². The highest BCUT2D eigenvalue weighted by Gasteiger charge is 2.38. The summed E-state index contributed by atoms with van der Waals surface area (Å²) in [5.74, 6) is -1.95. The van der Waals surface area contributed by atoms with Gasteiger partial charge in [0.25, 0.3) is 11.8 Å². The predicted octanol–water partition coefficient (Wildman–Crippen LogP) is 3.71. The van der Waals surface area contributed by atoms with Crippen LogP contribution in [-0.4, -0.2) is 28.0 Å². The maximum absolute atomic E-state index is 13.3. The van der Waals surface area contributed by atoms with E-state index in [0.29, 0.717) is 5.75 Å². The average molecular weight is 448 g/mol. The van der Waals surface area contributed by atoms with Crippen molar-refractivity contribution in [1.82, 2.24) is 20.4 Å². The summed E-state index contributed by atoms with van der Waals surface area (Å²) < 4.78 is 46.3. The number of halogens is 3. The van der Waals surface area contributed by atoms with Crippen molar-refractivity contribution in [3.05, 3.63) is 59.4 Å². The lowest BCUT2D eigenvalue weighted by atomic mass is 10.0. The van der Waals surface area contributed by atoms with Crippen LogP contribution < -0.4 is 15.6 Å². The zero-order chi connectivity index (χ0) is 23.5. The van der Waals surface area contributed by atoms with Crippen LogP contribution in [0, 0.1) is 6.92 Å². The van der Waals surface area contributed by atoms with E-state index in [1.807, 2.05) is 39.0 Å². The fraction of sp³-hybridized carbons (Fsp3) is 0.318. The molecule has 10 heteroatoms. The lowest BCUT2D eigenvalue weighted by Gasteiger charge is -2.15. The van der Waals surface area contributed by atoms with Crippen LogP contribution in [0.1, 0.15) is 36.7 Å². The quantitative estimate of drug-likeness (QED) is 0.563. The van der Waals surface area contributed by atoms with Gasteiger partial charge in [0.2, 0.25) is 5.82 Å². The monoisotopic (exact) mass is 448 g/mol. The summed E-state index contributed by atoms with van der Waals surface area (Å²) >= 11 is 0. The molecule has 0 aliphatic rings. The third kappa shape index (κ3) is 5.37. The molecule has 170 valence electrons. The number of nitrogens with zero attached hydrogens (tertiary/aromatic N) is 2. The van der Waals surface area contributed by atoms with Crippen molar-refractivity contribution in [2.24, 2.45) is 0 Å². The minimum absolute atomic E-state index is 0.115. The van der Waals surface area contributed by atoms with Crippen molar-refractivity contribution in [3.8, 4) is 5.75 Å². The second kappa shape index (κ2) is 9.29. The molecule has 3 rings (SSSR count). The second-order valence-electron chi connectivity index (χ2n) is 7.59. The molecular formula is C22H23F3N4O3. The summed E-state index contributed by atoms with van der Waals surface area (Å²) in [6, 6.07) is 11.6. The van der Waals surface area contributed by atoms with Crippen LogP contribution in [0.5, 0.6) is 5.75 Å². The number of nitrogens with one attached hydrogen (secondary N) is 2. The molecule has 0 radical (unpaired) electrons. The Hall–Kier alpha value is -3.56. The summed E-state index contributed by atoms with van der Waals surface area (Å²) in [7, 11) is 0. The van der Waals surface area contributed by atoms with Crippen LogP contribution in [0.25, 0.3) is 11.0 Å². The summed E-state index contributed by atoms with van der Waals surface area (Å²) in [4.78, 5) is 27.9. The molecule has 1 aromatic heterocycles. The number of amides is 2. The Bertz CT molecular complexity index is 1140. The van der Waals surface area contributed by atoms with Crippen LogP contribution in [0.15, 0.2) is 42.5 Å². The van der Waals surface area contributed by atoms with E-state index in [2.05, 4.69) is 15.8 Å². The maximum atomic E-state index is 13.3. The highest BCUT2D eigenvalue weighted by atomic mass is 19.4. The molecule has 0 aliphatic carbocycles. The van der Waals surface area contributed by atoms with Crippen LogP contribution in [0.2, 0.25) is 0 Å². The molecule has 3 aromatic rings. The van der Waals surface area contributed by atoms with Gasteiger partial charge in [0.05, 0.1) is 11.0 Å². The van der Waals surface area contributed by atoms with Gasteiger partial charge in [-0.3, -0.25) is 20.4 Å². The van der Waals surface area contributed by atoms with E-state index in [1.165, 1.54) is 12.1 Å². The maximum Gasteiger partial charge on any atom is 0.449 e. The number of carbonyl (C=O) groups is 2. The van der Waals surface area contributed by atoms with E-state index in [1.54, 1.807) is 12.1 Å². The third-order valence-corrected chi connectivity index (χ3v) is 4.70. The first kappa shape index (κ1) is 23.1. The molecule has 0 bridgehead atoms. The lowest BCUT2D eigenvalue weighted by Crippen LogP contribution is -2.45. The number of alkyl halides is 3. The van der Waals surface area contributed by atoms with Crippen LogP contribution in [0.3, 0.4) is 0 Å². The number of aryl methyl sites for hydroxylation is 1. The van der Waals surface area contributed by atoms with Crippen LogP contribution in [0.4, 0.5) is 13.2 Å². The average Bonchev–Trinajstić information content (AvgIpc) is 3.09. The minimum Gasteiger partial charge on any atom is -0.483 e. The number of aromatic nitrogens is 2. The topological polar surface area (TPSA) is 85.3 Å². The zero-order valence-corrected chi connectivity index (χ0v) is 17.8. The number of hydrazine groups is 1. The van der Waals surface area contributed by atoms with Crippen molar-refractivity contribution >= 4 is 22.8 Å². The Balaban J connectivity index is 1.62. The molecule has 2 N–H and O–H groups in total. The Morgan fingerprint density at radius 2 is 1.78 bits per heavy atom. The first-order valence-corrected chi connectivity index (χ1v) is 9.89. The molecule has 2 amide bonds. The molecule has 1 heterocycles. The second-order valence-corrected chi connectivity index (χ2v) is 7.59. The molecule has 0 unspecified atom stereocenters. The van der Waals surface area contributed by atoms with Crippen molar-refractivity contribution < 1.29 is 27.5 Å². The fourth-order valence-corrected chi connectivity index (χ4v) is 3.20. The van der Waals surface area contributed by atoms with Crippen LogP contribution >= 0.6 is 0 Å². The molecule has 0 atom stereocenters. The SMILES string of the molecule is Cc1ccc(C(C)C)c(OCC(=O)NNC(=O)Cn2c(C(F)(F)F)nc3ccccc32)c1. The summed E-state index contributed by atoms with van der Waals surface area (Å²) in [5.41, 5.74) is 6.44. The lowest BCUT2D eigenvalue weighted by molar-refractivity contribution is -0.147. The summed E-state index contributed by atoms with van der Waals surface area (Å²) in [6.07, 6.45) is -4.74. The number of para-hydroxylation sites is 2. The van der Waals surface area contributed by atoms with Gasteiger partial charge in [0, 0.05) is 0 Å². The molecule has 2 aromatic carbocycles. The normalized spacial score (nSPS) is 11.6. The number of rotatable bonds is 6. The predicted molar refractivity (Wildman–Crippen MR) is 112 cm³/mol. The molecule has 32 heavy (non-hydrogen) atoms. The number of benzene rings is 2. The highest BCUT2D eigenvalue weighted by molar-refractivity contribution is 5.84. The minimum atomic E-state index is -4.74. The molecular weight excluding hydrogens is 425 g/mol. The number of carbonyl (C=O) groups excluding carboxylic acids is 2. The Labute approximate surface area is 182 Å². The van der Waals surface area contributed by atoms with Gasteiger partial charge in [0.1, 0.15) is 12.3 Å². The fourth-order valence-electron chi connectivity index (χ4n) is 3.20. The van der Waals surface area contributed by atoms with Crippen molar-refractivity contribution in [3.63, 3.8) is 0 Å². The van der Waals surface area contributed by atoms with Gasteiger partial charge < -0.3 is 9.30 Å². The highest BCUT2D eigenvalue weighted by Crippen LogP contribution is 2.31. The van der Waals surface area contributed by atoms with Gasteiger partial charge in [-0.25, -0.2) is 4.98 Å². The van der Waals surface area contributed by atoms with Gasteiger partial charge >= 0.3 is 6.18 Å². The first-order chi connectivity index (χ1) is 15.1. The number of hydrogen-bond donors (Lipinski definition) is 2. The number of imidazole rings is 1. The molecule has 7 nitrogen and oxygen atoms in total. The van der Waals surface area contributed by atoms with E-state index >= 15 is 0 Å². The van der Waals surface area contributed by atoms with Gasteiger partial charge in [-0.2, -0.15) is 13.2 Å². The van der Waals surface area contributed by atoms with Gasteiger partial charge in [-0.15, -0.1) is 0 Å². The number of ether oxygens (including phenoxy) is 1. The van der Waals surface area contributed by atoms with E-state index in [9.17, 15) is 22.8 Å². The molecule has 0 saturated heterocycles. The van der Waals surface area contributed by atoms with Crippen molar-refractivity contribution in [1.29, 1.82) is 0 Å². The number of hydrogen-bond acceptors (Lipinski definition) is 4. The molecule has 0 fully saturated rings.